The Balaban J connectivity index is 2.07. The van der Waals surface area contributed by atoms with Crippen LogP contribution < -0.4 is 5.32 Å². The predicted molar refractivity (Wildman–Crippen MR) is 72.9 cm³/mol. The van der Waals surface area contributed by atoms with E-state index in [1.54, 1.807) is 11.3 Å². The summed E-state index contributed by atoms with van der Waals surface area (Å²) < 4.78 is 0. The SMILES string of the molecule is CCC(CCl)NC(=O)C1CCCc2sccc21. The Hall–Kier alpha value is -0.540. The molecule has 1 aliphatic carbocycles. The van der Waals surface area contributed by atoms with Gasteiger partial charge in [0.25, 0.3) is 0 Å². The molecule has 0 aliphatic heterocycles. The van der Waals surface area contributed by atoms with E-state index in [0.717, 1.165) is 25.7 Å². The fourth-order valence-corrected chi connectivity index (χ4v) is 3.59. The van der Waals surface area contributed by atoms with Gasteiger partial charge in [-0.05, 0) is 42.7 Å². The molecule has 2 unspecified atom stereocenters. The van der Waals surface area contributed by atoms with Crippen LogP contribution in [-0.4, -0.2) is 17.8 Å². The highest BCUT2D eigenvalue weighted by Crippen LogP contribution is 2.35. The number of amides is 1. The molecule has 0 saturated heterocycles. The molecule has 0 radical (unpaired) electrons. The standard InChI is InChI=1S/C13H18ClNOS/c1-2-9(8-14)15-13(16)11-4-3-5-12-10(11)6-7-17-12/h6-7,9,11H,2-5,8H2,1H3,(H,15,16). The van der Waals surface area contributed by atoms with Gasteiger partial charge < -0.3 is 5.32 Å². The molecular weight excluding hydrogens is 254 g/mol. The first-order valence-electron chi connectivity index (χ1n) is 6.18. The van der Waals surface area contributed by atoms with Crippen molar-refractivity contribution in [3.05, 3.63) is 21.9 Å². The lowest BCUT2D eigenvalue weighted by molar-refractivity contribution is -0.123. The molecule has 4 heteroatoms. The lowest BCUT2D eigenvalue weighted by Gasteiger charge is -2.24. The molecule has 0 bridgehead atoms. The number of fused-ring (bicyclic) bond motifs is 1. The summed E-state index contributed by atoms with van der Waals surface area (Å²) in [7, 11) is 0. The summed E-state index contributed by atoms with van der Waals surface area (Å²) in [5.74, 6) is 0.685. The van der Waals surface area contributed by atoms with E-state index >= 15 is 0 Å². The topological polar surface area (TPSA) is 29.1 Å². The van der Waals surface area contributed by atoms with Crippen molar-refractivity contribution in [2.45, 2.75) is 44.6 Å². The number of aryl methyl sites for hydroxylation is 1. The number of carbonyl (C=O) groups is 1. The van der Waals surface area contributed by atoms with E-state index in [4.69, 9.17) is 11.6 Å². The van der Waals surface area contributed by atoms with Gasteiger partial charge >= 0.3 is 0 Å². The van der Waals surface area contributed by atoms with Crippen LogP contribution in [0.25, 0.3) is 0 Å². The van der Waals surface area contributed by atoms with Crippen LogP contribution in [0.4, 0.5) is 0 Å². The number of carbonyl (C=O) groups excluding carboxylic acids is 1. The monoisotopic (exact) mass is 271 g/mol. The Morgan fingerprint density at radius 1 is 1.71 bits per heavy atom. The van der Waals surface area contributed by atoms with Crippen molar-refractivity contribution < 1.29 is 4.79 Å². The molecule has 2 rings (SSSR count). The zero-order chi connectivity index (χ0) is 12.3. The fraction of sp³-hybridized carbons (Fsp3) is 0.615. The Morgan fingerprint density at radius 2 is 2.53 bits per heavy atom. The smallest absolute Gasteiger partial charge is 0.227 e. The van der Waals surface area contributed by atoms with E-state index in [9.17, 15) is 4.79 Å². The number of nitrogens with one attached hydrogen (secondary N) is 1. The highest BCUT2D eigenvalue weighted by molar-refractivity contribution is 7.10. The van der Waals surface area contributed by atoms with Gasteiger partial charge in [-0.25, -0.2) is 0 Å². The molecule has 1 N–H and O–H groups in total. The maximum Gasteiger partial charge on any atom is 0.227 e. The number of alkyl halides is 1. The summed E-state index contributed by atoms with van der Waals surface area (Å²) >= 11 is 7.59. The van der Waals surface area contributed by atoms with Crippen LogP contribution in [0.15, 0.2) is 11.4 Å². The number of hydrogen-bond acceptors (Lipinski definition) is 2. The van der Waals surface area contributed by atoms with Gasteiger partial charge in [0.05, 0.1) is 5.92 Å². The lowest BCUT2D eigenvalue weighted by Crippen LogP contribution is -2.39. The molecule has 94 valence electrons. The Kier molecular flexibility index (Phi) is 4.46. The normalized spacial score (nSPS) is 20.7. The second kappa shape index (κ2) is 5.87. The van der Waals surface area contributed by atoms with Crippen LogP contribution in [0.1, 0.15) is 42.5 Å². The number of halogens is 1. The summed E-state index contributed by atoms with van der Waals surface area (Å²) in [6, 6.07) is 2.21. The first-order valence-corrected chi connectivity index (χ1v) is 7.60. The van der Waals surface area contributed by atoms with E-state index in [2.05, 4.69) is 16.8 Å². The molecule has 0 spiro atoms. The van der Waals surface area contributed by atoms with Gasteiger partial charge in [-0.1, -0.05) is 6.92 Å². The van der Waals surface area contributed by atoms with Crippen molar-refractivity contribution in [2.75, 3.05) is 5.88 Å². The molecule has 2 atom stereocenters. The number of thiophene rings is 1. The zero-order valence-electron chi connectivity index (χ0n) is 10.0. The third kappa shape index (κ3) is 2.83. The highest BCUT2D eigenvalue weighted by Gasteiger charge is 2.28. The molecule has 1 aromatic heterocycles. The van der Waals surface area contributed by atoms with Gasteiger partial charge in [0, 0.05) is 16.8 Å². The molecule has 1 aromatic rings. The Morgan fingerprint density at radius 3 is 3.24 bits per heavy atom. The zero-order valence-corrected chi connectivity index (χ0v) is 11.6. The molecule has 17 heavy (non-hydrogen) atoms. The first kappa shape index (κ1) is 12.9. The van der Waals surface area contributed by atoms with Gasteiger partial charge in [-0.15, -0.1) is 22.9 Å². The lowest BCUT2D eigenvalue weighted by atomic mass is 9.87. The summed E-state index contributed by atoms with van der Waals surface area (Å²) in [5.41, 5.74) is 1.24. The average Bonchev–Trinajstić information content (AvgIpc) is 2.83. The first-order chi connectivity index (χ1) is 8.26. The van der Waals surface area contributed by atoms with Crippen LogP contribution >= 0.6 is 22.9 Å². The van der Waals surface area contributed by atoms with E-state index in [-0.39, 0.29) is 17.9 Å². The number of hydrogen-bond donors (Lipinski definition) is 1. The molecule has 0 saturated carbocycles. The second-order valence-electron chi connectivity index (χ2n) is 4.51. The van der Waals surface area contributed by atoms with Crippen molar-refractivity contribution >= 4 is 28.8 Å². The van der Waals surface area contributed by atoms with Gasteiger partial charge in [-0.2, -0.15) is 0 Å². The third-order valence-corrected chi connectivity index (χ3v) is 4.76. The van der Waals surface area contributed by atoms with Gasteiger partial charge in [-0.3, -0.25) is 4.79 Å². The molecule has 1 amide bonds. The van der Waals surface area contributed by atoms with Crippen molar-refractivity contribution in [1.29, 1.82) is 0 Å². The van der Waals surface area contributed by atoms with Crippen molar-refractivity contribution in [1.82, 2.24) is 5.32 Å². The molecule has 0 aromatic carbocycles. The minimum Gasteiger partial charge on any atom is -0.352 e. The maximum absolute atomic E-state index is 12.2. The van der Waals surface area contributed by atoms with Crippen LogP contribution in [0, 0.1) is 0 Å². The summed E-state index contributed by atoms with van der Waals surface area (Å²) in [6.07, 6.45) is 4.10. The van der Waals surface area contributed by atoms with Gasteiger partial charge in [0.15, 0.2) is 0 Å². The van der Waals surface area contributed by atoms with Gasteiger partial charge in [0.1, 0.15) is 0 Å². The molecule has 0 fully saturated rings. The van der Waals surface area contributed by atoms with E-state index in [0.29, 0.717) is 5.88 Å². The minimum atomic E-state index is 0.0438. The molecule has 1 aliphatic rings. The van der Waals surface area contributed by atoms with E-state index in [1.165, 1.54) is 10.4 Å². The summed E-state index contributed by atoms with van der Waals surface area (Å²) in [4.78, 5) is 13.6. The van der Waals surface area contributed by atoms with E-state index in [1.807, 2.05) is 6.92 Å². The Labute approximate surface area is 111 Å². The average molecular weight is 272 g/mol. The van der Waals surface area contributed by atoms with Crippen LogP contribution in [0.5, 0.6) is 0 Å². The second-order valence-corrected chi connectivity index (χ2v) is 5.82. The van der Waals surface area contributed by atoms with Crippen LogP contribution in [-0.2, 0) is 11.2 Å². The van der Waals surface area contributed by atoms with Crippen LogP contribution in [0.2, 0.25) is 0 Å². The Bertz CT molecular complexity index is 387. The third-order valence-electron chi connectivity index (χ3n) is 3.39. The van der Waals surface area contributed by atoms with Crippen molar-refractivity contribution in [3.8, 4) is 0 Å². The highest BCUT2D eigenvalue weighted by atomic mass is 35.5. The molecular formula is C13H18ClNOS. The maximum atomic E-state index is 12.2. The summed E-state index contributed by atoms with van der Waals surface area (Å²) in [6.45, 7) is 2.05. The van der Waals surface area contributed by atoms with E-state index < -0.39 is 0 Å². The molecule has 2 nitrogen and oxygen atoms in total. The van der Waals surface area contributed by atoms with Crippen molar-refractivity contribution in [2.24, 2.45) is 0 Å². The largest absolute Gasteiger partial charge is 0.352 e. The van der Waals surface area contributed by atoms with Gasteiger partial charge in [0.2, 0.25) is 5.91 Å². The fourth-order valence-electron chi connectivity index (χ4n) is 2.31. The summed E-state index contributed by atoms with van der Waals surface area (Å²) in [5, 5.41) is 5.14. The number of rotatable bonds is 4. The van der Waals surface area contributed by atoms with Crippen LogP contribution in [0.3, 0.4) is 0 Å². The molecule has 1 heterocycles. The predicted octanol–water partition coefficient (Wildman–Crippen LogP) is 3.30. The van der Waals surface area contributed by atoms with Crippen molar-refractivity contribution in [3.63, 3.8) is 0 Å². The minimum absolute atomic E-state index is 0.0438. The quantitative estimate of drug-likeness (QED) is 0.837.